The molecule has 1 atom stereocenters. The number of nitrogens with zero attached hydrogens (tertiary/aromatic N) is 2. The number of amides is 2. The van der Waals surface area contributed by atoms with Crippen molar-refractivity contribution in [3.05, 3.63) is 52.5 Å². The molecular weight excluding hydrogens is 448 g/mol. The molecule has 5 rings (SSSR count). The Morgan fingerprint density at radius 1 is 1.18 bits per heavy atom. The van der Waals surface area contributed by atoms with E-state index in [-0.39, 0.29) is 37.3 Å². The van der Waals surface area contributed by atoms with Crippen LogP contribution in [-0.2, 0) is 20.9 Å². The maximum absolute atomic E-state index is 13.7. The zero-order chi connectivity index (χ0) is 23.3. The first kappa shape index (κ1) is 21.6. The van der Waals surface area contributed by atoms with Crippen LogP contribution < -0.4 is 14.4 Å². The Kier molecular flexibility index (Phi) is 5.20. The predicted molar refractivity (Wildman–Crippen MR) is 119 cm³/mol. The van der Waals surface area contributed by atoms with Crippen molar-refractivity contribution >= 4 is 35.1 Å². The van der Waals surface area contributed by atoms with Crippen LogP contribution in [0.3, 0.4) is 0 Å². The molecular formula is C24H23ClN2O6. The van der Waals surface area contributed by atoms with Crippen LogP contribution in [0.5, 0.6) is 11.5 Å². The third kappa shape index (κ3) is 3.23. The Hall–Kier alpha value is -3.26. The van der Waals surface area contributed by atoms with E-state index in [9.17, 15) is 14.4 Å². The molecule has 1 saturated heterocycles. The van der Waals surface area contributed by atoms with Gasteiger partial charge in [0.2, 0.25) is 11.6 Å². The molecule has 172 valence electrons. The topological polar surface area (TPSA) is 85.4 Å². The second kappa shape index (κ2) is 7.95. The largest absolute Gasteiger partial charge is 0.486 e. The minimum Gasteiger partial charge on any atom is -0.486 e. The first-order chi connectivity index (χ1) is 15.8. The monoisotopic (exact) mass is 470 g/mol. The maximum atomic E-state index is 13.7. The van der Waals surface area contributed by atoms with Crippen LogP contribution in [-0.4, -0.2) is 47.6 Å². The van der Waals surface area contributed by atoms with Crippen molar-refractivity contribution < 1.29 is 28.6 Å². The van der Waals surface area contributed by atoms with E-state index in [0.29, 0.717) is 46.5 Å². The summed E-state index contributed by atoms with van der Waals surface area (Å²) in [5.74, 6) is -0.229. The van der Waals surface area contributed by atoms with Gasteiger partial charge in [0.05, 0.1) is 16.3 Å². The lowest BCUT2D eigenvalue weighted by atomic mass is 9.95. The van der Waals surface area contributed by atoms with E-state index in [0.717, 1.165) is 0 Å². The molecule has 1 fully saturated rings. The number of hydrogen-bond acceptors (Lipinski definition) is 6. The first-order valence-electron chi connectivity index (χ1n) is 10.9. The van der Waals surface area contributed by atoms with E-state index in [2.05, 4.69) is 0 Å². The van der Waals surface area contributed by atoms with E-state index in [1.54, 1.807) is 36.4 Å². The van der Waals surface area contributed by atoms with Gasteiger partial charge in [-0.15, -0.1) is 0 Å². The number of rotatable bonds is 4. The average Bonchev–Trinajstić information content (AvgIpc) is 3.15. The summed E-state index contributed by atoms with van der Waals surface area (Å²) in [4.78, 5) is 43.0. The van der Waals surface area contributed by atoms with Gasteiger partial charge in [-0.2, -0.15) is 0 Å². The number of para-hydroxylation sites is 1. The van der Waals surface area contributed by atoms with E-state index < -0.39 is 11.6 Å². The Morgan fingerprint density at radius 2 is 1.94 bits per heavy atom. The molecule has 2 amide bonds. The molecule has 9 heteroatoms. The standard InChI is InChI=1S/C24H23ClN2O6/c1-14(2)26-22(29)16-5-3-4-6-18(16)27-20(28)7-8-24(26,27)23(30)33-13-15-11-17(25)21-19(12-15)31-9-10-32-21/h3-6,11-12,14H,7-10,13H2,1-2H3. The second-order valence-corrected chi connectivity index (χ2v) is 8.92. The number of carbonyl (C=O) groups is 3. The van der Waals surface area contributed by atoms with E-state index >= 15 is 0 Å². The van der Waals surface area contributed by atoms with Crippen LogP contribution in [0.2, 0.25) is 5.02 Å². The lowest BCUT2D eigenvalue weighted by Gasteiger charge is -2.50. The molecule has 33 heavy (non-hydrogen) atoms. The number of fused-ring (bicyclic) bond motifs is 4. The molecule has 2 aromatic carbocycles. The first-order valence-corrected chi connectivity index (χ1v) is 11.2. The Morgan fingerprint density at radius 3 is 2.73 bits per heavy atom. The molecule has 8 nitrogen and oxygen atoms in total. The van der Waals surface area contributed by atoms with E-state index in [4.69, 9.17) is 25.8 Å². The molecule has 2 aromatic rings. The summed E-state index contributed by atoms with van der Waals surface area (Å²) in [5.41, 5.74) is -0.0953. The van der Waals surface area contributed by atoms with Crippen molar-refractivity contribution in [2.75, 3.05) is 18.1 Å². The fourth-order valence-electron chi connectivity index (χ4n) is 4.89. The summed E-state index contributed by atoms with van der Waals surface area (Å²) >= 11 is 6.31. The second-order valence-electron chi connectivity index (χ2n) is 8.51. The number of anilines is 1. The minimum absolute atomic E-state index is 0.0965. The maximum Gasteiger partial charge on any atom is 0.354 e. The summed E-state index contributed by atoms with van der Waals surface area (Å²) in [7, 11) is 0. The molecule has 1 unspecified atom stereocenters. The molecule has 0 saturated carbocycles. The van der Waals surface area contributed by atoms with E-state index in [1.165, 1.54) is 9.80 Å². The van der Waals surface area contributed by atoms with Gasteiger partial charge in [-0.05, 0) is 43.7 Å². The molecule has 3 heterocycles. The molecule has 0 radical (unpaired) electrons. The quantitative estimate of drug-likeness (QED) is 0.635. The molecule has 0 aromatic heterocycles. The summed E-state index contributed by atoms with van der Waals surface area (Å²) in [5, 5.41) is 0.361. The lowest BCUT2D eigenvalue weighted by molar-refractivity contribution is -0.159. The number of esters is 1. The highest BCUT2D eigenvalue weighted by atomic mass is 35.5. The third-order valence-corrected chi connectivity index (χ3v) is 6.45. The lowest BCUT2D eigenvalue weighted by Crippen LogP contribution is -2.70. The van der Waals surface area contributed by atoms with Gasteiger partial charge < -0.3 is 19.1 Å². The fraction of sp³-hybridized carbons (Fsp3) is 0.375. The summed E-state index contributed by atoms with van der Waals surface area (Å²) in [6.07, 6.45) is 0.292. The van der Waals surface area contributed by atoms with Crippen molar-refractivity contribution in [1.82, 2.24) is 4.90 Å². The number of ether oxygens (including phenoxy) is 3. The van der Waals surface area contributed by atoms with Gasteiger partial charge in [-0.1, -0.05) is 23.7 Å². The van der Waals surface area contributed by atoms with Crippen LogP contribution in [0, 0.1) is 0 Å². The zero-order valence-corrected chi connectivity index (χ0v) is 19.1. The Bertz CT molecular complexity index is 1170. The number of carbonyl (C=O) groups excluding carboxylic acids is 3. The molecule has 3 aliphatic rings. The minimum atomic E-state index is -1.53. The smallest absolute Gasteiger partial charge is 0.354 e. The van der Waals surface area contributed by atoms with Crippen molar-refractivity contribution in [2.24, 2.45) is 0 Å². The van der Waals surface area contributed by atoms with Crippen molar-refractivity contribution in [2.45, 2.75) is 45.0 Å². The van der Waals surface area contributed by atoms with E-state index in [1.807, 2.05) is 13.8 Å². The van der Waals surface area contributed by atoms with Crippen molar-refractivity contribution in [3.63, 3.8) is 0 Å². The number of benzene rings is 2. The van der Waals surface area contributed by atoms with Crippen LogP contribution >= 0.6 is 11.6 Å². The molecule has 3 aliphatic heterocycles. The average molecular weight is 471 g/mol. The highest BCUT2D eigenvalue weighted by Gasteiger charge is 2.62. The van der Waals surface area contributed by atoms with Crippen molar-refractivity contribution in [3.8, 4) is 11.5 Å². The van der Waals surface area contributed by atoms with Crippen LogP contribution in [0.4, 0.5) is 5.69 Å². The Balaban J connectivity index is 1.50. The van der Waals surface area contributed by atoms with Gasteiger partial charge in [-0.3, -0.25) is 14.5 Å². The Labute approximate surface area is 195 Å². The SMILES string of the molecule is CC(C)N1C(=O)c2ccccc2N2C(=O)CCC21C(=O)OCc1cc(Cl)c2c(c1)OCCO2. The molecule has 0 aliphatic carbocycles. The van der Waals surface area contributed by atoms with Crippen LogP contribution in [0.15, 0.2) is 36.4 Å². The fourth-order valence-corrected chi connectivity index (χ4v) is 5.17. The van der Waals surface area contributed by atoms with Crippen molar-refractivity contribution in [1.29, 1.82) is 0 Å². The number of hydrogen-bond donors (Lipinski definition) is 0. The third-order valence-electron chi connectivity index (χ3n) is 6.17. The molecule has 0 bridgehead atoms. The van der Waals surface area contributed by atoms with Gasteiger partial charge in [0.1, 0.15) is 19.8 Å². The number of halogens is 1. The van der Waals surface area contributed by atoms with Crippen LogP contribution in [0.25, 0.3) is 0 Å². The predicted octanol–water partition coefficient (Wildman–Crippen LogP) is 3.54. The summed E-state index contributed by atoms with van der Waals surface area (Å²) in [6.45, 7) is 4.36. The normalized spacial score (nSPS) is 21.2. The molecule has 0 spiro atoms. The van der Waals surface area contributed by atoms with Gasteiger partial charge in [0.15, 0.2) is 11.5 Å². The summed E-state index contributed by atoms with van der Waals surface area (Å²) in [6, 6.07) is 9.88. The summed E-state index contributed by atoms with van der Waals surface area (Å²) < 4.78 is 16.9. The van der Waals surface area contributed by atoms with Gasteiger partial charge in [0, 0.05) is 18.9 Å². The van der Waals surface area contributed by atoms with Crippen LogP contribution in [0.1, 0.15) is 42.6 Å². The highest BCUT2D eigenvalue weighted by Crippen LogP contribution is 2.46. The molecule has 0 N–H and O–H groups in total. The van der Waals surface area contributed by atoms with Gasteiger partial charge >= 0.3 is 5.97 Å². The zero-order valence-electron chi connectivity index (χ0n) is 18.3. The van der Waals surface area contributed by atoms with Gasteiger partial charge in [0.25, 0.3) is 5.91 Å². The highest BCUT2D eigenvalue weighted by molar-refractivity contribution is 6.32. The van der Waals surface area contributed by atoms with Gasteiger partial charge in [-0.25, -0.2) is 4.79 Å².